The molecule has 0 saturated heterocycles. The molecule has 2 aromatic rings. The third-order valence-electron chi connectivity index (χ3n) is 4.15. The number of unbranched alkanes of at least 4 members (excludes halogenated alkanes) is 5. The van der Waals surface area contributed by atoms with E-state index in [1.54, 1.807) is 0 Å². The maximum Gasteiger partial charge on any atom is 0.119 e. The van der Waals surface area contributed by atoms with Crippen LogP contribution in [0.15, 0.2) is 53.5 Å². The highest BCUT2D eigenvalue weighted by atomic mass is 16.5. The lowest BCUT2D eigenvalue weighted by Gasteiger charge is -2.06. The Bertz CT molecular complexity index is 718. The van der Waals surface area contributed by atoms with E-state index in [-0.39, 0.29) is 0 Å². The summed E-state index contributed by atoms with van der Waals surface area (Å²) in [6.07, 6.45) is 9.56. The Morgan fingerprint density at radius 1 is 0.885 bits per heavy atom. The van der Waals surface area contributed by atoms with E-state index in [2.05, 4.69) is 23.8 Å². The zero-order valence-corrected chi connectivity index (χ0v) is 16.0. The first-order valence-corrected chi connectivity index (χ1v) is 9.61. The molecule has 0 saturated carbocycles. The van der Waals surface area contributed by atoms with Crippen molar-refractivity contribution in [3.8, 4) is 17.6 Å². The summed E-state index contributed by atoms with van der Waals surface area (Å²) in [7, 11) is 0. The zero-order chi connectivity index (χ0) is 18.5. The highest BCUT2D eigenvalue weighted by molar-refractivity contribution is 5.82. The van der Waals surface area contributed by atoms with Crippen molar-refractivity contribution in [3.05, 3.63) is 59.7 Å². The fourth-order valence-electron chi connectivity index (χ4n) is 2.65. The first-order chi connectivity index (χ1) is 12.8. The van der Waals surface area contributed by atoms with E-state index >= 15 is 0 Å². The minimum atomic E-state index is 0.793. The molecule has 2 aromatic carbocycles. The molecule has 0 aliphatic heterocycles. The van der Waals surface area contributed by atoms with Gasteiger partial charge in [-0.05, 0) is 55.3 Å². The van der Waals surface area contributed by atoms with Gasteiger partial charge in [-0.25, -0.2) is 0 Å². The zero-order valence-electron chi connectivity index (χ0n) is 16.0. The average Bonchev–Trinajstić information content (AvgIpc) is 2.68. The van der Waals surface area contributed by atoms with Crippen molar-refractivity contribution in [1.82, 2.24) is 0 Å². The highest BCUT2D eigenvalue weighted by Gasteiger charge is 1.96. The van der Waals surface area contributed by atoms with E-state index in [1.807, 2.05) is 61.7 Å². The molecule has 0 unspecified atom stereocenters. The number of nitrogens with zero attached hydrogens (tertiary/aromatic N) is 1. The van der Waals surface area contributed by atoms with Crippen LogP contribution in [0.3, 0.4) is 0 Å². The average molecular weight is 348 g/mol. The minimum Gasteiger partial charge on any atom is -0.494 e. The third kappa shape index (κ3) is 7.57. The Morgan fingerprint density at radius 3 is 2.27 bits per heavy atom. The molecule has 0 heterocycles. The van der Waals surface area contributed by atoms with Crippen molar-refractivity contribution in [2.45, 2.75) is 52.4 Å². The predicted molar refractivity (Wildman–Crippen MR) is 112 cm³/mol. The van der Waals surface area contributed by atoms with Gasteiger partial charge in [-0.2, -0.15) is 0 Å². The third-order valence-corrected chi connectivity index (χ3v) is 4.15. The van der Waals surface area contributed by atoms with Crippen molar-refractivity contribution < 1.29 is 4.74 Å². The summed E-state index contributed by atoms with van der Waals surface area (Å²) in [5.74, 6) is 6.86. The second kappa shape index (κ2) is 11.9. The number of hydrogen-bond donors (Lipinski definition) is 0. The first kappa shape index (κ1) is 19.8. The summed E-state index contributed by atoms with van der Waals surface area (Å²) >= 11 is 0. The Labute approximate surface area is 158 Å². The summed E-state index contributed by atoms with van der Waals surface area (Å²) in [6.45, 7) is 4.88. The molecule has 2 heteroatoms. The van der Waals surface area contributed by atoms with Crippen molar-refractivity contribution in [1.29, 1.82) is 0 Å². The van der Waals surface area contributed by atoms with E-state index in [4.69, 9.17) is 4.74 Å². The molecular weight excluding hydrogens is 318 g/mol. The van der Waals surface area contributed by atoms with Crippen molar-refractivity contribution in [3.63, 3.8) is 0 Å². The van der Waals surface area contributed by atoms with Crippen LogP contribution in [0.1, 0.15) is 63.5 Å². The van der Waals surface area contributed by atoms with Gasteiger partial charge in [-0.3, -0.25) is 4.99 Å². The van der Waals surface area contributed by atoms with Crippen molar-refractivity contribution in [2.75, 3.05) is 6.61 Å². The van der Waals surface area contributed by atoms with Crippen LogP contribution < -0.4 is 4.74 Å². The van der Waals surface area contributed by atoms with Crippen LogP contribution in [-0.2, 0) is 0 Å². The molecule has 0 radical (unpaired) electrons. The Morgan fingerprint density at radius 2 is 1.58 bits per heavy atom. The van der Waals surface area contributed by atoms with Gasteiger partial charge >= 0.3 is 0 Å². The molecule has 0 spiro atoms. The van der Waals surface area contributed by atoms with Crippen molar-refractivity contribution in [2.24, 2.45) is 4.99 Å². The normalized spacial score (nSPS) is 10.5. The molecule has 0 aromatic heterocycles. The fraction of sp³-hybridized carbons (Fsp3) is 0.375. The van der Waals surface area contributed by atoms with Gasteiger partial charge in [0.05, 0.1) is 12.3 Å². The maximum atomic E-state index is 5.80. The van der Waals surface area contributed by atoms with E-state index in [1.165, 1.54) is 32.1 Å². The van der Waals surface area contributed by atoms with Gasteiger partial charge in [0.15, 0.2) is 0 Å². The number of hydrogen-bond acceptors (Lipinski definition) is 2. The number of rotatable bonds is 10. The number of ether oxygens (including phenoxy) is 1. The van der Waals surface area contributed by atoms with Crippen LogP contribution in [0.5, 0.6) is 5.75 Å². The largest absolute Gasteiger partial charge is 0.494 e. The molecule has 2 rings (SSSR count). The smallest absolute Gasteiger partial charge is 0.119 e. The summed E-state index contributed by atoms with van der Waals surface area (Å²) in [6, 6.07) is 16.0. The minimum absolute atomic E-state index is 0.793. The summed E-state index contributed by atoms with van der Waals surface area (Å²) < 4.78 is 5.80. The number of benzene rings is 2. The topological polar surface area (TPSA) is 21.6 Å². The van der Waals surface area contributed by atoms with Gasteiger partial charge in [0.1, 0.15) is 5.75 Å². The monoisotopic (exact) mass is 347 g/mol. The van der Waals surface area contributed by atoms with Crippen LogP contribution in [-0.4, -0.2) is 12.8 Å². The molecule has 0 bridgehead atoms. The van der Waals surface area contributed by atoms with Gasteiger partial charge in [-0.15, -0.1) is 5.92 Å². The Hall–Kier alpha value is -2.53. The Balaban J connectivity index is 1.75. The molecule has 0 N–H and O–H groups in total. The van der Waals surface area contributed by atoms with Gasteiger partial charge < -0.3 is 4.74 Å². The summed E-state index contributed by atoms with van der Waals surface area (Å²) in [4.78, 5) is 4.51. The van der Waals surface area contributed by atoms with Crippen molar-refractivity contribution >= 4 is 11.9 Å². The van der Waals surface area contributed by atoms with Gasteiger partial charge in [0, 0.05) is 11.8 Å². The maximum absolute atomic E-state index is 5.80. The predicted octanol–water partition coefficient (Wildman–Crippen LogP) is 6.55. The van der Waals surface area contributed by atoms with E-state index in [0.717, 1.165) is 35.6 Å². The van der Waals surface area contributed by atoms with Crippen LogP contribution in [0, 0.1) is 11.8 Å². The second-order valence-corrected chi connectivity index (χ2v) is 6.37. The molecule has 0 fully saturated rings. The number of aliphatic imine (C=N–C) groups is 1. The molecular formula is C24H29NO. The molecule has 0 aliphatic rings. The van der Waals surface area contributed by atoms with E-state index in [0.29, 0.717) is 0 Å². The lowest BCUT2D eigenvalue weighted by atomic mass is 10.1. The molecule has 0 atom stereocenters. The highest BCUT2D eigenvalue weighted by Crippen LogP contribution is 2.18. The first-order valence-electron chi connectivity index (χ1n) is 9.61. The lowest BCUT2D eigenvalue weighted by Crippen LogP contribution is -1.96. The van der Waals surface area contributed by atoms with Crippen LogP contribution in [0.4, 0.5) is 5.69 Å². The Kier molecular flexibility index (Phi) is 9.08. The van der Waals surface area contributed by atoms with Crippen LogP contribution in [0.25, 0.3) is 0 Å². The standard InChI is InChI=1S/C24H29NO/c1-3-5-6-7-8-9-19-26-24-17-15-23(16-18-24)25-20-22-13-11-21(10-4-2)12-14-22/h11-18,20H,3,5-9,19H2,1-2H3. The molecule has 0 aliphatic carbocycles. The molecule has 2 nitrogen and oxygen atoms in total. The van der Waals surface area contributed by atoms with Gasteiger partial charge in [-0.1, -0.05) is 57.1 Å². The van der Waals surface area contributed by atoms with Crippen LogP contribution >= 0.6 is 0 Å². The quantitative estimate of drug-likeness (QED) is 0.271. The summed E-state index contributed by atoms with van der Waals surface area (Å²) in [5.41, 5.74) is 3.01. The molecule has 136 valence electrons. The molecule has 26 heavy (non-hydrogen) atoms. The van der Waals surface area contributed by atoms with Crippen LogP contribution in [0.2, 0.25) is 0 Å². The van der Waals surface area contributed by atoms with Gasteiger partial charge in [0.2, 0.25) is 0 Å². The molecule has 0 amide bonds. The SMILES string of the molecule is CC#Cc1ccc(C=Nc2ccc(OCCCCCCCC)cc2)cc1. The van der Waals surface area contributed by atoms with E-state index in [9.17, 15) is 0 Å². The fourth-order valence-corrected chi connectivity index (χ4v) is 2.65. The van der Waals surface area contributed by atoms with E-state index < -0.39 is 0 Å². The summed E-state index contributed by atoms with van der Waals surface area (Å²) in [5, 5.41) is 0. The second-order valence-electron chi connectivity index (χ2n) is 6.37. The van der Waals surface area contributed by atoms with Gasteiger partial charge in [0.25, 0.3) is 0 Å². The lowest BCUT2D eigenvalue weighted by molar-refractivity contribution is 0.304.